The van der Waals surface area contributed by atoms with Crippen LogP contribution in [0.3, 0.4) is 0 Å². The molecule has 0 amide bonds. The topological polar surface area (TPSA) is 59.4 Å². The average Bonchev–Trinajstić information content (AvgIpc) is 2.03. The van der Waals surface area contributed by atoms with Crippen molar-refractivity contribution in [3.8, 4) is 5.75 Å². The van der Waals surface area contributed by atoms with Crippen molar-refractivity contribution in [3.63, 3.8) is 0 Å². The molecule has 0 atom stereocenters. The second-order valence-corrected chi connectivity index (χ2v) is 2.11. The van der Waals surface area contributed by atoms with E-state index in [1.165, 1.54) is 0 Å². The smallest absolute Gasteiger partial charge is 0.341 e. The van der Waals surface area contributed by atoms with E-state index in [1.807, 2.05) is 0 Å². The molecular weight excluding hydrogens is 184 g/mol. The van der Waals surface area contributed by atoms with E-state index in [-0.39, 0.29) is 0 Å². The van der Waals surface area contributed by atoms with E-state index in [0.29, 0.717) is 0 Å². The van der Waals surface area contributed by atoms with Crippen LogP contribution in [0.15, 0.2) is 12.4 Å². The molecule has 0 aliphatic carbocycles. The van der Waals surface area contributed by atoms with Crippen molar-refractivity contribution in [2.24, 2.45) is 0 Å². The van der Waals surface area contributed by atoms with Gasteiger partial charge in [0.2, 0.25) is 0 Å². The van der Waals surface area contributed by atoms with Crippen LogP contribution in [0.2, 0.25) is 0 Å². The van der Waals surface area contributed by atoms with Crippen molar-refractivity contribution in [2.45, 2.75) is 0 Å². The van der Waals surface area contributed by atoms with Gasteiger partial charge in [-0.05, 0) is 0 Å². The third kappa shape index (κ3) is 2.36. The molecule has 0 spiro atoms. The minimum atomic E-state index is -1.31. The lowest BCUT2D eigenvalue weighted by molar-refractivity contribution is -0.139. The summed E-state index contributed by atoms with van der Waals surface area (Å²) in [4.78, 5) is 13.2. The Hall–Kier alpha value is -1.72. The lowest BCUT2D eigenvalue weighted by atomic mass is 10.4. The molecule has 0 aliphatic heterocycles. The fourth-order valence-electron chi connectivity index (χ4n) is 0.671. The van der Waals surface area contributed by atoms with Gasteiger partial charge in [-0.2, -0.15) is 0 Å². The Labute approximate surface area is 71.8 Å². The SMILES string of the molecule is O=C(O)COc1c(F)cncc1F. The van der Waals surface area contributed by atoms with Gasteiger partial charge in [0, 0.05) is 0 Å². The molecule has 0 aromatic carbocycles. The summed E-state index contributed by atoms with van der Waals surface area (Å²) in [5.74, 6) is -4.09. The molecule has 13 heavy (non-hydrogen) atoms. The fraction of sp³-hybridized carbons (Fsp3) is 0.143. The van der Waals surface area contributed by atoms with Crippen LogP contribution in [-0.4, -0.2) is 22.7 Å². The van der Waals surface area contributed by atoms with E-state index >= 15 is 0 Å². The standard InChI is InChI=1S/C7H5F2NO3/c8-4-1-10-2-5(9)7(4)13-3-6(11)12/h1-2H,3H2,(H,11,12). The van der Waals surface area contributed by atoms with Crippen molar-refractivity contribution in [1.29, 1.82) is 0 Å². The first kappa shape index (κ1) is 9.37. The Bertz CT molecular complexity index is 309. The molecule has 0 saturated heterocycles. The van der Waals surface area contributed by atoms with Gasteiger partial charge in [-0.1, -0.05) is 0 Å². The Morgan fingerprint density at radius 2 is 2.00 bits per heavy atom. The summed E-state index contributed by atoms with van der Waals surface area (Å²) in [5, 5.41) is 8.17. The fourth-order valence-corrected chi connectivity index (χ4v) is 0.671. The third-order valence-electron chi connectivity index (χ3n) is 1.15. The first-order chi connectivity index (χ1) is 6.11. The van der Waals surface area contributed by atoms with Crippen molar-refractivity contribution in [2.75, 3.05) is 6.61 Å². The van der Waals surface area contributed by atoms with Gasteiger partial charge in [-0.15, -0.1) is 0 Å². The van der Waals surface area contributed by atoms with Crippen molar-refractivity contribution in [1.82, 2.24) is 4.98 Å². The lowest BCUT2D eigenvalue weighted by Crippen LogP contribution is -2.11. The molecule has 0 unspecified atom stereocenters. The molecule has 1 aromatic heterocycles. The maximum absolute atomic E-state index is 12.7. The number of carbonyl (C=O) groups is 1. The van der Waals surface area contributed by atoms with Crippen LogP contribution in [0.4, 0.5) is 8.78 Å². The maximum atomic E-state index is 12.7. The molecule has 0 radical (unpaired) electrons. The van der Waals surface area contributed by atoms with Crippen LogP contribution in [0.1, 0.15) is 0 Å². The molecule has 4 nitrogen and oxygen atoms in total. The Kier molecular flexibility index (Phi) is 2.73. The van der Waals surface area contributed by atoms with Gasteiger partial charge < -0.3 is 9.84 Å². The van der Waals surface area contributed by atoms with Crippen molar-refractivity contribution < 1.29 is 23.4 Å². The molecule has 1 aromatic rings. The van der Waals surface area contributed by atoms with Gasteiger partial charge >= 0.3 is 5.97 Å². The Morgan fingerprint density at radius 1 is 1.46 bits per heavy atom. The summed E-state index contributed by atoms with van der Waals surface area (Å²) in [5.41, 5.74) is 0. The molecule has 0 bridgehead atoms. The quantitative estimate of drug-likeness (QED) is 0.764. The zero-order valence-corrected chi connectivity index (χ0v) is 6.33. The minimum Gasteiger partial charge on any atom is -0.479 e. The number of pyridine rings is 1. The molecule has 1 rings (SSSR count). The normalized spacial score (nSPS) is 9.69. The number of ether oxygens (including phenoxy) is 1. The molecule has 0 saturated carbocycles. The van der Waals surface area contributed by atoms with E-state index in [4.69, 9.17) is 5.11 Å². The van der Waals surface area contributed by atoms with Gasteiger partial charge in [0.1, 0.15) is 0 Å². The summed E-state index contributed by atoms with van der Waals surface area (Å²) >= 11 is 0. The number of halogens is 2. The van der Waals surface area contributed by atoms with Crippen LogP contribution in [0, 0.1) is 11.6 Å². The average molecular weight is 189 g/mol. The first-order valence-corrected chi connectivity index (χ1v) is 3.25. The Morgan fingerprint density at radius 3 is 2.46 bits per heavy atom. The van der Waals surface area contributed by atoms with Crippen LogP contribution in [0.25, 0.3) is 0 Å². The molecule has 1 heterocycles. The number of hydrogen-bond donors (Lipinski definition) is 1. The zero-order chi connectivity index (χ0) is 9.84. The van der Waals surface area contributed by atoms with Crippen molar-refractivity contribution in [3.05, 3.63) is 24.0 Å². The van der Waals surface area contributed by atoms with Crippen molar-refractivity contribution >= 4 is 5.97 Å². The van der Waals surface area contributed by atoms with Crippen LogP contribution in [0.5, 0.6) is 5.75 Å². The first-order valence-electron chi connectivity index (χ1n) is 3.25. The lowest BCUT2D eigenvalue weighted by Gasteiger charge is -2.03. The van der Waals surface area contributed by atoms with Crippen LogP contribution >= 0.6 is 0 Å². The number of rotatable bonds is 3. The highest BCUT2D eigenvalue weighted by molar-refractivity contribution is 5.68. The molecular formula is C7H5F2NO3. The number of carboxylic acid groups (broad SMARTS) is 1. The molecule has 70 valence electrons. The van der Waals surface area contributed by atoms with E-state index in [2.05, 4.69) is 9.72 Å². The van der Waals surface area contributed by atoms with Gasteiger partial charge in [0.25, 0.3) is 0 Å². The predicted molar refractivity (Wildman–Crippen MR) is 37.3 cm³/mol. The summed E-state index contributed by atoms with van der Waals surface area (Å²) < 4.78 is 29.7. The van der Waals surface area contributed by atoms with Crippen LogP contribution < -0.4 is 4.74 Å². The predicted octanol–water partition coefficient (Wildman–Crippen LogP) is 0.823. The summed E-state index contributed by atoms with van der Waals surface area (Å²) in [6.07, 6.45) is 1.47. The highest BCUT2D eigenvalue weighted by Crippen LogP contribution is 2.18. The maximum Gasteiger partial charge on any atom is 0.341 e. The highest BCUT2D eigenvalue weighted by Gasteiger charge is 2.11. The number of hydrogen-bond acceptors (Lipinski definition) is 3. The van der Waals surface area contributed by atoms with E-state index in [9.17, 15) is 13.6 Å². The number of carboxylic acids is 1. The molecule has 1 N–H and O–H groups in total. The molecule has 0 aliphatic rings. The molecule has 0 fully saturated rings. The number of aliphatic carboxylic acids is 1. The van der Waals surface area contributed by atoms with Gasteiger partial charge in [0.15, 0.2) is 24.0 Å². The molecule has 6 heteroatoms. The minimum absolute atomic E-state index is 0.725. The van der Waals surface area contributed by atoms with Gasteiger partial charge in [-0.3, -0.25) is 4.98 Å². The second kappa shape index (κ2) is 3.79. The monoisotopic (exact) mass is 189 g/mol. The van der Waals surface area contributed by atoms with E-state index in [1.54, 1.807) is 0 Å². The van der Waals surface area contributed by atoms with E-state index < -0.39 is 30.0 Å². The largest absolute Gasteiger partial charge is 0.479 e. The Balaban J connectivity index is 2.81. The van der Waals surface area contributed by atoms with Crippen LogP contribution in [-0.2, 0) is 4.79 Å². The van der Waals surface area contributed by atoms with Gasteiger partial charge in [0.05, 0.1) is 12.4 Å². The number of aromatic nitrogens is 1. The summed E-state index contributed by atoms with van der Waals surface area (Å²) in [6.45, 7) is -0.794. The zero-order valence-electron chi connectivity index (χ0n) is 6.33. The third-order valence-corrected chi connectivity index (χ3v) is 1.15. The van der Waals surface area contributed by atoms with E-state index in [0.717, 1.165) is 12.4 Å². The summed E-state index contributed by atoms with van der Waals surface area (Å²) in [7, 11) is 0. The summed E-state index contributed by atoms with van der Waals surface area (Å²) in [6, 6.07) is 0. The number of nitrogens with zero attached hydrogens (tertiary/aromatic N) is 1. The second-order valence-electron chi connectivity index (χ2n) is 2.11. The van der Waals surface area contributed by atoms with Gasteiger partial charge in [-0.25, -0.2) is 13.6 Å². The highest BCUT2D eigenvalue weighted by atomic mass is 19.1.